The molecular weight excluding hydrogens is 278 g/mol. The van der Waals surface area contributed by atoms with Crippen LogP contribution < -0.4 is 5.32 Å². The summed E-state index contributed by atoms with van der Waals surface area (Å²) in [7, 11) is 0. The second-order valence-electron chi connectivity index (χ2n) is 6.19. The zero-order valence-corrected chi connectivity index (χ0v) is 13.0. The van der Waals surface area contributed by atoms with Crippen LogP contribution in [0.3, 0.4) is 0 Å². The third kappa shape index (κ3) is 5.51. The molecule has 0 aromatic heterocycles. The fraction of sp³-hybridized carbons (Fsp3) is 0.556. The molecule has 0 spiro atoms. The molecule has 1 amide bonds. The van der Waals surface area contributed by atoms with Crippen LogP contribution in [0.1, 0.15) is 50.5 Å². The lowest BCUT2D eigenvalue weighted by molar-refractivity contribution is -0.142. The number of hydrogen-bond acceptors (Lipinski definition) is 2. The third-order valence-corrected chi connectivity index (χ3v) is 4.38. The smallest absolute Gasteiger partial charge is 0.326 e. The average molecular weight is 303 g/mol. The van der Waals surface area contributed by atoms with Crippen LogP contribution in [-0.2, 0) is 16.0 Å². The molecule has 1 atom stereocenters. The number of rotatable bonds is 8. The fourth-order valence-corrected chi connectivity index (χ4v) is 3.14. The lowest BCUT2D eigenvalue weighted by atomic mass is 10.0. The van der Waals surface area contributed by atoms with Crippen LogP contribution in [0.25, 0.3) is 0 Å². The number of carboxylic acids is 1. The lowest BCUT2D eigenvalue weighted by Crippen LogP contribution is -2.41. The lowest BCUT2D eigenvalue weighted by Gasteiger charge is -2.16. The average Bonchev–Trinajstić information content (AvgIpc) is 3.00. The summed E-state index contributed by atoms with van der Waals surface area (Å²) >= 11 is 0. The van der Waals surface area contributed by atoms with Crippen LogP contribution in [0.2, 0.25) is 0 Å². The van der Waals surface area contributed by atoms with Gasteiger partial charge in [-0.25, -0.2) is 4.79 Å². The van der Waals surface area contributed by atoms with Crippen LogP contribution in [0.15, 0.2) is 30.3 Å². The summed E-state index contributed by atoms with van der Waals surface area (Å²) in [6.45, 7) is 0. The van der Waals surface area contributed by atoms with Gasteiger partial charge in [0.25, 0.3) is 0 Å². The van der Waals surface area contributed by atoms with E-state index < -0.39 is 12.0 Å². The number of benzene rings is 1. The summed E-state index contributed by atoms with van der Waals surface area (Å²) in [5, 5.41) is 12.0. The van der Waals surface area contributed by atoms with E-state index in [0.717, 1.165) is 25.7 Å². The molecule has 0 heterocycles. The van der Waals surface area contributed by atoms with Crippen molar-refractivity contribution in [3.8, 4) is 0 Å². The molecule has 2 N–H and O–H groups in total. The number of amides is 1. The van der Waals surface area contributed by atoms with E-state index in [4.69, 9.17) is 0 Å². The third-order valence-electron chi connectivity index (χ3n) is 4.38. The maximum absolute atomic E-state index is 12.0. The Hall–Kier alpha value is -1.84. The van der Waals surface area contributed by atoms with Crippen molar-refractivity contribution in [2.75, 3.05) is 0 Å². The normalized spacial score (nSPS) is 16.4. The molecule has 1 aliphatic rings. The SMILES string of the molecule is O=C(CC1CCCC1)N[C@H](CCCc1ccccc1)C(=O)O. The van der Waals surface area contributed by atoms with Crippen molar-refractivity contribution in [2.45, 2.75) is 57.4 Å². The first-order valence-electron chi connectivity index (χ1n) is 8.21. The highest BCUT2D eigenvalue weighted by molar-refractivity contribution is 5.83. The first-order chi connectivity index (χ1) is 10.6. The largest absolute Gasteiger partial charge is 0.480 e. The Morgan fingerprint density at radius 1 is 1.18 bits per heavy atom. The molecule has 0 saturated heterocycles. The van der Waals surface area contributed by atoms with Gasteiger partial charge in [0, 0.05) is 6.42 Å². The van der Waals surface area contributed by atoms with Gasteiger partial charge >= 0.3 is 5.97 Å². The van der Waals surface area contributed by atoms with E-state index in [-0.39, 0.29) is 5.91 Å². The Kier molecular flexibility index (Phi) is 6.44. The van der Waals surface area contributed by atoms with Crippen molar-refractivity contribution < 1.29 is 14.7 Å². The van der Waals surface area contributed by atoms with E-state index in [1.54, 1.807) is 0 Å². The highest BCUT2D eigenvalue weighted by Crippen LogP contribution is 2.27. The van der Waals surface area contributed by atoms with Crippen molar-refractivity contribution in [2.24, 2.45) is 5.92 Å². The first-order valence-corrected chi connectivity index (χ1v) is 8.21. The second-order valence-corrected chi connectivity index (χ2v) is 6.19. The van der Waals surface area contributed by atoms with Gasteiger partial charge in [-0.15, -0.1) is 0 Å². The van der Waals surface area contributed by atoms with Gasteiger partial charge in [0.1, 0.15) is 6.04 Å². The molecule has 0 unspecified atom stereocenters. The van der Waals surface area contributed by atoms with Crippen molar-refractivity contribution in [3.63, 3.8) is 0 Å². The number of hydrogen-bond donors (Lipinski definition) is 2. The number of carboxylic acid groups (broad SMARTS) is 1. The van der Waals surface area contributed by atoms with E-state index in [9.17, 15) is 14.7 Å². The molecule has 1 saturated carbocycles. The Morgan fingerprint density at radius 3 is 2.50 bits per heavy atom. The summed E-state index contributed by atoms with van der Waals surface area (Å²) in [6, 6.07) is 9.23. The van der Waals surface area contributed by atoms with E-state index in [0.29, 0.717) is 18.8 Å². The molecule has 1 fully saturated rings. The highest BCUT2D eigenvalue weighted by Gasteiger charge is 2.23. The van der Waals surface area contributed by atoms with Gasteiger partial charge in [-0.1, -0.05) is 43.2 Å². The zero-order chi connectivity index (χ0) is 15.8. The van der Waals surface area contributed by atoms with Gasteiger partial charge in [-0.2, -0.15) is 0 Å². The van der Waals surface area contributed by atoms with Crippen LogP contribution in [0.5, 0.6) is 0 Å². The van der Waals surface area contributed by atoms with Crippen molar-refractivity contribution in [1.29, 1.82) is 0 Å². The molecule has 4 nitrogen and oxygen atoms in total. The quantitative estimate of drug-likeness (QED) is 0.775. The monoisotopic (exact) mass is 303 g/mol. The Balaban J connectivity index is 1.74. The predicted octanol–water partition coefficient (Wildman–Crippen LogP) is 3.16. The van der Waals surface area contributed by atoms with Crippen molar-refractivity contribution in [1.82, 2.24) is 5.32 Å². The number of aryl methyl sites for hydroxylation is 1. The first kappa shape index (κ1) is 16.5. The van der Waals surface area contributed by atoms with Crippen molar-refractivity contribution >= 4 is 11.9 Å². The van der Waals surface area contributed by atoms with Crippen LogP contribution in [-0.4, -0.2) is 23.0 Å². The molecule has 2 rings (SSSR count). The minimum Gasteiger partial charge on any atom is -0.480 e. The Bertz CT molecular complexity index is 480. The van der Waals surface area contributed by atoms with Crippen LogP contribution in [0, 0.1) is 5.92 Å². The summed E-state index contributed by atoms with van der Waals surface area (Å²) in [5.41, 5.74) is 1.20. The highest BCUT2D eigenvalue weighted by atomic mass is 16.4. The molecule has 22 heavy (non-hydrogen) atoms. The van der Waals surface area contributed by atoms with Gasteiger partial charge in [-0.05, 0) is 43.6 Å². The summed E-state index contributed by atoms with van der Waals surface area (Å²) in [5.74, 6) is -0.606. The standard InChI is InChI=1S/C18H25NO3/c20-17(13-15-9-4-5-10-15)19-16(18(21)22)12-6-11-14-7-2-1-3-8-14/h1-3,7-8,15-16H,4-6,9-13H2,(H,19,20)(H,21,22)/t16-/m1/s1. The molecule has 0 aliphatic heterocycles. The van der Waals surface area contributed by atoms with Crippen LogP contribution in [0.4, 0.5) is 0 Å². The predicted molar refractivity (Wildman–Crippen MR) is 85.5 cm³/mol. The molecule has 0 bridgehead atoms. The van der Waals surface area contributed by atoms with Crippen molar-refractivity contribution in [3.05, 3.63) is 35.9 Å². The topological polar surface area (TPSA) is 66.4 Å². The number of nitrogens with one attached hydrogen (secondary N) is 1. The summed E-state index contributed by atoms with van der Waals surface area (Å²) in [6.07, 6.45) is 7.12. The fourth-order valence-electron chi connectivity index (χ4n) is 3.14. The van der Waals surface area contributed by atoms with Gasteiger partial charge < -0.3 is 10.4 Å². The Morgan fingerprint density at radius 2 is 1.86 bits per heavy atom. The molecule has 1 aromatic rings. The number of carbonyl (C=O) groups is 2. The Labute approximate surface area is 131 Å². The molecule has 1 aromatic carbocycles. The van der Waals surface area contributed by atoms with E-state index in [1.807, 2.05) is 30.3 Å². The van der Waals surface area contributed by atoms with E-state index in [2.05, 4.69) is 5.32 Å². The molecular formula is C18H25NO3. The van der Waals surface area contributed by atoms with E-state index in [1.165, 1.54) is 18.4 Å². The number of carbonyl (C=O) groups excluding carboxylic acids is 1. The minimum atomic E-state index is -0.937. The number of aliphatic carboxylic acids is 1. The maximum atomic E-state index is 12.0. The molecule has 120 valence electrons. The van der Waals surface area contributed by atoms with Gasteiger partial charge in [0.05, 0.1) is 0 Å². The van der Waals surface area contributed by atoms with Gasteiger partial charge in [0.15, 0.2) is 0 Å². The van der Waals surface area contributed by atoms with Gasteiger partial charge in [-0.3, -0.25) is 4.79 Å². The van der Waals surface area contributed by atoms with Crippen LogP contribution >= 0.6 is 0 Å². The summed E-state index contributed by atoms with van der Waals surface area (Å²) < 4.78 is 0. The van der Waals surface area contributed by atoms with Gasteiger partial charge in [0.2, 0.25) is 5.91 Å². The maximum Gasteiger partial charge on any atom is 0.326 e. The molecule has 1 aliphatic carbocycles. The summed E-state index contributed by atoms with van der Waals surface area (Å²) in [4.78, 5) is 23.3. The zero-order valence-electron chi connectivity index (χ0n) is 13.0. The second kappa shape index (κ2) is 8.57. The van der Waals surface area contributed by atoms with E-state index >= 15 is 0 Å². The molecule has 0 radical (unpaired) electrons. The molecule has 4 heteroatoms. The minimum absolute atomic E-state index is 0.112.